The number of piperidine rings is 1. The van der Waals surface area contributed by atoms with Crippen LogP contribution < -0.4 is 4.74 Å². The van der Waals surface area contributed by atoms with Crippen LogP contribution in [0.3, 0.4) is 0 Å². The van der Waals surface area contributed by atoms with Crippen molar-refractivity contribution >= 4 is 23.2 Å². The van der Waals surface area contributed by atoms with Gasteiger partial charge in [-0.05, 0) is 31.4 Å². The summed E-state index contributed by atoms with van der Waals surface area (Å²) in [5.41, 5.74) is 1.05. The fourth-order valence-corrected chi connectivity index (χ4v) is 4.08. The van der Waals surface area contributed by atoms with E-state index in [0.717, 1.165) is 10.4 Å². The van der Waals surface area contributed by atoms with Gasteiger partial charge in [0.2, 0.25) is 0 Å². The first-order chi connectivity index (χ1) is 12.1. The highest BCUT2D eigenvalue weighted by Crippen LogP contribution is 2.37. The summed E-state index contributed by atoms with van der Waals surface area (Å²) in [6.07, 6.45) is 1.00. The van der Waals surface area contributed by atoms with Crippen LogP contribution in [0.15, 0.2) is 36.4 Å². The monoisotopic (exact) mass is 359 g/mol. The summed E-state index contributed by atoms with van der Waals surface area (Å²) < 4.78 is 5.68. The molecule has 1 aliphatic rings. The van der Waals surface area contributed by atoms with E-state index in [1.165, 1.54) is 11.3 Å². The fraction of sp³-hybridized carbons (Fsp3) is 0.368. The van der Waals surface area contributed by atoms with Crippen molar-refractivity contribution in [2.24, 2.45) is 5.92 Å². The molecule has 0 bridgehead atoms. The molecular formula is C19H21NO4S. The first-order valence-electron chi connectivity index (χ1n) is 8.44. The van der Waals surface area contributed by atoms with Crippen molar-refractivity contribution in [3.63, 3.8) is 0 Å². The molecule has 1 saturated heterocycles. The van der Waals surface area contributed by atoms with Crippen LogP contribution in [0.2, 0.25) is 0 Å². The molecule has 1 aromatic heterocycles. The van der Waals surface area contributed by atoms with Crippen LogP contribution in [0.1, 0.15) is 29.4 Å². The molecule has 1 aliphatic heterocycles. The standard InChI is InChI=1S/C19H21NO4S/c1-2-24-15-12-16(13-6-4-3-5-7-13)25-17(15)18(21)20-10-8-14(9-11-20)19(22)23/h3-7,12,14H,2,8-11H2,1H3,(H,22,23). The lowest BCUT2D eigenvalue weighted by molar-refractivity contribution is -0.143. The van der Waals surface area contributed by atoms with Crippen LogP contribution in [0.4, 0.5) is 0 Å². The second-order valence-electron chi connectivity index (χ2n) is 6.01. The number of benzene rings is 1. The molecule has 3 rings (SSSR count). The van der Waals surface area contributed by atoms with Gasteiger partial charge in [-0.1, -0.05) is 30.3 Å². The Morgan fingerprint density at radius 3 is 2.52 bits per heavy atom. The second-order valence-corrected chi connectivity index (χ2v) is 7.06. The van der Waals surface area contributed by atoms with Gasteiger partial charge in [0.25, 0.3) is 5.91 Å². The minimum absolute atomic E-state index is 0.0699. The summed E-state index contributed by atoms with van der Waals surface area (Å²) in [4.78, 5) is 27.3. The van der Waals surface area contributed by atoms with Crippen molar-refractivity contribution in [1.82, 2.24) is 4.90 Å². The minimum Gasteiger partial charge on any atom is -0.492 e. The normalized spacial score (nSPS) is 15.2. The summed E-state index contributed by atoms with van der Waals surface area (Å²) in [6.45, 7) is 3.33. The summed E-state index contributed by atoms with van der Waals surface area (Å²) in [6, 6.07) is 11.8. The van der Waals surface area contributed by atoms with Gasteiger partial charge in [0.15, 0.2) is 0 Å². The van der Waals surface area contributed by atoms with Crippen LogP contribution in [0, 0.1) is 5.92 Å². The number of nitrogens with zero attached hydrogens (tertiary/aromatic N) is 1. The van der Waals surface area contributed by atoms with Crippen molar-refractivity contribution in [3.05, 3.63) is 41.3 Å². The Labute approximate surface area is 150 Å². The average molecular weight is 359 g/mol. The Bertz CT molecular complexity index is 748. The number of likely N-dealkylation sites (tertiary alicyclic amines) is 1. The number of carbonyl (C=O) groups is 2. The van der Waals surface area contributed by atoms with E-state index >= 15 is 0 Å². The molecule has 5 nitrogen and oxygen atoms in total. The first kappa shape index (κ1) is 17.5. The third-order valence-corrected chi connectivity index (χ3v) is 5.54. The van der Waals surface area contributed by atoms with E-state index in [9.17, 15) is 9.59 Å². The molecule has 0 unspecified atom stereocenters. The molecule has 1 N–H and O–H groups in total. The van der Waals surface area contributed by atoms with Crippen molar-refractivity contribution in [2.75, 3.05) is 19.7 Å². The molecule has 0 radical (unpaired) electrons. The van der Waals surface area contributed by atoms with Gasteiger partial charge in [-0.15, -0.1) is 11.3 Å². The van der Waals surface area contributed by atoms with Gasteiger partial charge in [-0.3, -0.25) is 9.59 Å². The average Bonchev–Trinajstić information content (AvgIpc) is 3.06. The van der Waals surface area contributed by atoms with Crippen molar-refractivity contribution in [2.45, 2.75) is 19.8 Å². The summed E-state index contributed by atoms with van der Waals surface area (Å²) in [5, 5.41) is 9.10. The number of carboxylic acid groups (broad SMARTS) is 1. The SMILES string of the molecule is CCOc1cc(-c2ccccc2)sc1C(=O)N1CCC(C(=O)O)CC1. The van der Waals surface area contributed by atoms with Gasteiger partial charge in [0.05, 0.1) is 12.5 Å². The van der Waals surface area contributed by atoms with Crippen LogP contribution in [0.5, 0.6) is 5.75 Å². The maximum Gasteiger partial charge on any atom is 0.306 e. The lowest BCUT2D eigenvalue weighted by atomic mass is 9.97. The number of rotatable bonds is 5. The number of hydrogen-bond donors (Lipinski definition) is 1. The summed E-state index contributed by atoms with van der Waals surface area (Å²) >= 11 is 1.43. The Morgan fingerprint density at radius 1 is 1.24 bits per heavy atom. The molecule has 2 aromatic rings. The Morgan fingerprint density at radius 2 is 1.92 bits per heavy atom. The smallest absolute Gasteiger partial charge is 0.306 e. The second kappa shape index (κ2) is 7.70. The zero-order valence-corrected chi connectivity index (χ0v) is 14.9. The summed E-state index contributed by atoms with van der Waals surface area (Å²) in [5.74, 6) is -0.584. The topological polar surface area (TPSA) is 66.8 Å². The summed E-state index contributed by atoms with van der Waals surface area (Å²) in [7, 11) is 0. The molecular weight excluding hydrogens is 338 g/mol. The van der Waals surface area contributed by atoms with Crippen LogP contribution in [0.25, 0.3) is 10.4 Å². The van der Waals surface area contributed by atoms with Gasteiger partial charge in [-0.25, -0.2) is 0 Å². The molecule has 25 heavy (non-hydrogen) atoms. The van der Waals surface area contributed by atoms with Gasteiger partial charge in [0, 0.05) is 18.0 Å². The highest BCUT2D eigenvalue weighted by atomic mass is 32.1. The first-order valence-corrected chi connectivity index (χ1v) is 9.26. The van der Waals surface area contributed by atoms with Crippen LogP contribution >= 0.6 is 11.3 Å². The number of carboxylic acids is 1. The number of hydrogen-bond acceptors (Lipinski definition) is 4. The number of aliphatic carboxylic acids is 1. The van der Waals surface area contributed by atoms with Crippen molar-refractivity contribution in [1.29, 1.82) is 0 Å². The Hall–Kier alpha value is -2.34. The van der Waals surface area contributed by atoms with E-state index in [1.807, 2.05) is 43.3 Å². The maximum atomic E-state index is 12.9. The van der Waals surface area contributed by atoms with E-state index < -0.39 is 5.97 Å². The molecule has 1 amide bonds. The molecule has 0 saturated carbocycles. The van der Waals surface area contributed by atoms with Gasteiger partial charge >= 0.3 is 5.97 Å². The molecule has 0 spiro atoms. The zero-order valence-electron chi connectivity index (χ0n) is 14.1. The molecule has 1 aromatic carbocycles. The fourth-order valence-electron chi connectivity index (χ4n) is 3.00. The number of thiophene rings is 1. The van der Waals surface area contributed by atoms with Crippen molar-refractivity contribution < 1.29 is 19.4 Å². The zero-order chi connectivity index (χ0) is 17.8. The predicted molar refractivity (Wildman–Crippen MR) is 97.2 cm³/mol. The van der Waals surface area contributed by atoms with Gasteiger partial charge in [0.1, 0.15) is 10.6 Å². The quantitative estimate of drug-likeness (QED) is 0.883. The van der Waals surface area contributed by atoms with E-state index in [2.05, 4.69) is 0 Å². The third-order valence-electron chi connectivity index (χ3n) is 4.38. The molecule has 2 heterocycles. The molecule has 1 fully saturated rings. The van der Waals surface area contributed by atoms with E-state index in [0.29, 0.717) is 43.2 Å². The third kappa shape index (κ3) is 3.85. The predicted octanol–water partition coefficient (Wildman–Crippen LogP) is 3.75. The number of ether oxygens (including phenoxy) is 1. The highest BCUT2D eigenvalue weighted by Gasteiger charge is 2.30. The minimum atomic E-state index is -0.774. The lowest BCUT2D eigenvalue weighted by Gasteiger charge is -2.30. The molecule has 0 aliphatic carbocycles. The highest BCUT2D eigenvalue weighted by molar-refractivity contribution is 7.17. The van der Waals surface area contributed by atoms with Crippen LogP contribution in [-0.2, 0) is 4.79 Å². The van der Waals surface area contributed by atoms with Crippen LogP contribution in [-0.4, -0.2) is 41.6 Å². The molecule has 132 valence electrons. The largest absolute Gasteiger partial charge is 0.492 e. The van der Waals surface area contributed by atoms with Gasteiger partial charge < -0.3 is 14.7 Å². The van der Waals surface area contributed by atoms with E-state index in [1.54, 1.807) is 4.90 Å². The lowest BCUT2D eigenvalue weighted by Crippen LogP contribution is -2.40. The maximum absolute atomic E-state index is 12.9. The Kier molecular flexibility index (Phi) is 5.38. The van der Waals surface area contributed by atoms with Crippen molar-refractivity contribution in [3.8, 4) is 16.2 Å². The van der Waals surface area contributed by atoms with E-state index in [4.69, 9.17) is 9.84 Å². The number of amides is 1. The molecule has 0 atom stereocenters. The van der Waals surface area contributed by atoms with E-state index in [-0.39, 0.29) is 11.8 Å². The number of carbonyl (C=O) groups excluding carboxylic acids is 1. The molecule has 6 heteroatoms. The van der Waals surface area contributed by atoms with Gasteiger partial charge in [-0.2, -0.15) is 0 Å². The Balaban J connectivity index is 1.82.